The van der Waals surface area contributed by atoms with Crippen LogP contribution in [0.1, 0.15) is 40.0 Å². The molecule has 8 nitrogen and oxygen atoms in total. The lowest BCUT2D eigenvalue weighted by atomic mass is 9.94. The Kier molecular flexibility index (Phi) is 5.90. The summed E-state index contributed by atoms with van der Waals surface area (Å²) in [6.45, 7) is 2.30. The molecule has 1 atom stereocenters. The number of benzene rings is 2. The van der Waals surface area contributed by atoms with Gasteiger partial charge in [-0.1, -0.05) is 60.6 Å². The van der Waals surface area contributed by atoms with E-state index in [1.165, 1.54) is 0 Å². The van der Waals surface area contributed by atoms with Gasteiger partial charge >= 0.3 is 0 Å². The van der Waals surface area contributed by atoms with E-state index in [1.54, 1.807) is 29.2 Å². The van der Waals surface area contributed by atoms with Crippen LogP contribution in [0.25, 0.3) is 0 Å². The van der Waals surface area contributed by atoms with E-state index in [1.807, 2.05) is 43.3 Å². The molecule has 31 heavy (non-hydrogen) atoms. The topological polar surface area (TPSA) is 108 Å². The monoisotopic (exact) mass is 418 g/mol. The molecule has 2 aromatic carbocycles. The Balaban J connectivity index is 1.54. The summed E-state index contributed by atoms with van der Waals surface area (Å²) in [6, 6.07) is 18.3. The Labute approximate surface area is 179 Å². The fourth-order valence-electron chi connectivity index (χ4n) is 3.41. The van der Waals surface area contributed by atoms with Crippen molar-refractivity contribution < 1.29 is 19.2 Å². The minimum atomic E-state index is -0.194. The molecule has 0 aliphatic carbocycles. The normalized spacial score (nSPS) is 15.9. The van der Waals surface area contributed by atoms with Crippen LogP contribution in [0.4, 0.5) is 5.88 Å². The Hall–Kier alpha value is -3.78. The number of hydrogen-bond donors (Lipinski definition) is 2. The van der Waals surface area contributed by atoms with Gasteiger partial charge in [0, 0.05) is 29.7 Å². The van der Waals surface area contributed by atoms with E-state index in [0.717, 1.165) is 5.56 Å². The Morgan fingerprint density at radius 1 is 1.19 bits per heavy atom. The molecule has 8 heteroatoms. The highest BCUT2D eigenvalue weighted by molar-refractivity contribution is 6.09. The van der Waals surface area contributed by atoms with Gasteiger partial charge in [-0.05, 0) is 11.6 Å². The molecule has 1 amide bonds. The summed E-state index contributed by atoms with van der Waals surface area (Å²) in [6.07, 6.45) is 0. The molecule has 0 spiro atoms. The second-order valence-corrected chi connectivity index (χ2v) is 7.26. The van der Waals surface area contributed by atoms with Crippen LogP contribution in [0.2, 0.25) is 0 Å². The lowest BCUT2D eigenvalue weighted by Crippen LogP contribution is -2.32. The summed E-state index contributed by atoms with van der Waals surface area (Å²) < 4.78 is 5.33. The van der Waals surface area contributed by atoms with E-state index < -0.39 is 0 Å². The average Bonchev–Trinajstić information content (AvgIpc) is 3.40. The number of carbonyl (C=O) groups excluding carboxylic acids is 2. The second-order valence-electron chi connectivity index (χ2n) is 7.26. The van der Waals surface area contributed by atoms with E-state index in [0.29, 0.717) is 22.8 Å². The maximum atomic E-state index is 12.8. The van der Waals surface area contributed by atoms with Gasteiger partial charge in [0.25, 0.3) is 5.88 Å². The van der Waals surface area contributed by atoms with Gasteiger partial charge < -0.3 is 14.5 Å². The van der Waals surface area contributed by atoms with Gasteiger partial charge in [-0.2, -0.15) is 4.99 Å². The van der Waals surface area contributed by atoms with E-state index in [2.05, 4.69) is 15.5 Å². The van der Waals surface area contributed by atoms with Crippen molar-refractivity contribution in [2.24, 2.45) is 4.99 Å². The van der Waals surface area contributed by atoms with Crippen molar-refractivity contribution in [3.63, 3.8) is 0 Å². The minimum Gasteiger partial charge on any atom is -0.395 e. The first-order valence-electron chi connectivity index (χ1n) is 9.96. The second kappa shape index (κ2) is 8.93. The zero-order valence-corrected chi connectivity index (χ0v) is 17.0. The predicted molar refractivity (Wildman–Crippen MR) is 114 cm³/mol. The van der Waals surface area contributed by atoms with Crippen LogP contribution in [0.5, 0.6) is 0 Å². The smallest absolute Gasteiger partial charge is 0.253 e. The number of nitrogens with one attached hydrogen (secondary N) is 1. The first kappa shape index (κ1) is 20.5. The number of hydrogen-bond acceptors (Lipinski definition) is 6. The maximum absolute atomic E-state index is 12.8. The Morgan fingerprint density at radius 2 is 1.97 bits per heavy atom. The molecule has 1 saturated heterocycles. The number of ketones is 1. The highest BCUT2D eigenvalue weighted by Crippen LogP contribution is 2.28. The number of aliphatic hydroxyl groups is 1. The zero-order valence-electron chi connectivity index (χ0n) is 17.0. The fourth-order valence-corrected chi connectivity index (χ4v) is 3.41. The minimum absolute atomic E-state index is 0.0390. The summed E-state index contributed by atoms with van der Waals surface area (Å²) in [5.41, 5.74) is 2.82. The van der Waals surface area contributed by atoms with E-state index in [4.69, 9.17) is 9.63 Å². The lowest BCUT2D eigenvalue weighted by Gasteiger charge is -2.13. The molecular weight excluding hydrogens is 396 g/mol. The summed E-state index contributed by atoms with van der Waals surface area (Å²) in [7, 11) is 0. The molecule has 2 N–H and O–H groups in total. The van der Waals surface area contributed by atoms with Crippen LogP contribution in [-0.2, 0) is 4.79 Å². The number of β-amino-alcohol motifs (C(OH)–C–C–N with tert-alkyl or cyclic N) is 1. The Morgan fingerprint density at radius 3 is 2.74 bits per heavy atom. The molecule has 3 aromatic rings. The molecule has 1 aromatic heterocycles. The predicted octanol–water partition coefficient (Wildman–Crippen LogP) is 2.47. The van der Waals surface area contributed by atoms with Gasteiger partial charge in [-0.15, -0.1) is 0 Å². The van der Waals surface area contributed by atoms with Crippen molar-refractivity contribution in [1.29, 1.82) is 0 Å². The van der Waals surface area contributed by atoms with Crippen LogP contribution < -0.4 is 5.32 Å². The molecule has 0 saturated carbocycles. The first-order valence-corrected chi connectivity index (χ1v) is 9.96. The molecule has 1 aliphatic rings. The van der Waals surface area contributed by atoms with Crippen molar-refractivity contribution in [3.8, 4) is 0 Å². The fraction of sp³-hybridized carbons (Fsp3) is 0.217. The molecule has 2 heterocycles. The van der Waals surface area contributed by atoms with Gasteiger partial charge in [0.05, 0.1) is 12.3 Å². The van der Waals surface area contributed by atoms with Gasteiger partial charge in [0.15, 0.2) is 5.78 Å². The largest absolute Gasteiger partial charge is 0.395 e. The summed E-state index contributed by atoms with van der Waals surface area (Å²) >= 11 is 0. The van der Waals surface area contributed by atoms with E-state index in [9.17, 15) is 9.59 Å². The summed E-state index contributed by atoms with van der Waals surface area (Å²) in [4.78, 5) is 30.3. The quantitative estimate of drug-likeness (QED) is 0.571. The highest BCUT2D eigenvalue weighted by atomic mass is 16.5. The molecule has 1 fully saturated rings. The van der Waals surface area contributed by atoms with Crippen LogP contribution in [0.15, 0.2) is 70.2 Å². The third-order valence-corrected chi connectivity index (χ3v) is 5.12. The van der Waals surface area contributed by atoms with Gasteiger partial charge in [0.1, 0.15) is 6.54 Å². The average molecular weight is 418 g/mol. The SMILES string of the molecule is CC(c1cccc(C(=O)c2ccccc2)c1)c1cc(/N=C2\NC(=O)CN2CCO)on1. The number of carbonyl (C=O) groups is 2. The van der Waals surface area contributed by atoms with Crippen molar-refractivity contribution in [1.82, 2.24) is 15.4 Å². The maximum Gasteiger partial charge on any atom is 0.253 e. The van der Waals surface area contributed by atoms with Crippen molar-refractivity contribution in [3.05, 3.63) is 83.0 Å². The number of rotatable bonds is 7. The van der Waals surface area contributed by atoms with Crippen LogP contribution >= 0.6 is 0 Å². The molecular formula is C23H22N4O4. The number of guanidine groups is 1. The first-order chi connectivity index (χ1) is 15.0. The molecule has 4 rings (SSSR count). The molecule has 158 valence electrons. The Bertz CT molecular complexity index is 1120. The van der Waals surface area contributed by atoms with Crippen molar-refractivity contribution >= 4 is 23.5 Å². The third-order valence-electron chi connectivity index (χ3n) is 5.12. The summed E-state index contributed by atoms with van der Waals surface area (Å²) in [5, 5.41) is 15.9. The van der Waals surface area contributed by atoms with E-state index >= 15 is 0 Å². The number of amides is 1. The number of aromatic nitrogens is 1. The molecule has 1 aliphatic heterocycles. The number of aliphatic imine (C=N–C) groups is 1. The molecule has 1 unspecified atom stereocenters. The number of nitrogens with zero attached hydrogens (tertiary/aromatic N) is 3. The standard InChI is InChI=1S/C23H22N4O4/c1-15(17-8-5-9-18(12-17)22(30)16-6-3-2-4-7-16)19-13-21(31-26-19)25-23-24-20(29)14-27(23)10-11-28/h2-9,12-13,15,28H,10-11,14H2,1H3,(H,24,25,29). The molecule has 0 radical (unpaired) electrons. The highest BCUT2D eigenvalue weighted by Gasteiger charge is 2.25. The van der Waals surface area contributed by atoms with E-state index in [-0.39, 0.29) is 43.2 Å². The lowest BCUT2D eigenvalue weighted by molar-refractivity contribution is -0.118. The van der Waals surface area contributed by atoms with Gasteiger partial charge in [-0.3, -0.25) is 14.9 Å². The number of aliphatic hydroxyl groups excluding tert-OH is 1. The van der Waals surface area contributed by atoms with Gasteiger partial charge in [0.2, 0.25) is 11.9 Å². The van der Waals surface area contributed by atoms with Crippen LogP contribution in [0.3, 0.4) is 0 Å². The van der Waals surface area contributed by atoms with Crippen molar-refractivity contribution in [2.45, 2.75) is 12.8 Å². The zero-order chi connectivity index (χ0) is 21.8. The van der Waals surface area contributed by atoms with Crippen LogP contribution in [0, 0.1) is 0 Å². The molecule has 0 bridgehead atoms. The summed E-state index contributed by atoms with van der Waals surface area (Å²) in [5.74, 6) is 0.208. The third kappa shape index (κ3) is 4.54. The van der Waals surface area contributed by atoms with Gasteiger partial charge in [-0.25, -0.2) is 0 Å². The van der Waals surface area contributed by atoms with Crippen LogP contribution in [-0.4, -0.2) is 52.5 Å². The van der Waals surface area contributed by atoms with Crippen molar-refractivity contribution in [2.75, 3.05) is 19.7 Å².